The molecule has 0 atom stereocenters. The van der Waals surface area contributed by atoms with Crippen molar-refractivity contribution < 1.29 is 14.0 Å². The highest BCUT2D eigenvalue weighted by molar-refractivity contribution is 7.21. The van der Waals surface area contributed by atoms with E-state index in [1.165, 1.54) is 17.4 Å². The van der Waals surface area contributed by atoms with Gasteiger partial charge in [-0.05, 0) is 24.6 Å². The maximum Gasteiger partial charge on any atom is 0.262 e. The maximum atomic E-state index is 13.6. The Hall–Kier alpha value is -1.95. The van der Waals surface area contributed by atoms with Gasteiger partial charge in [0.1, 0.15) is 5.82 Å². The summed E-state index contributed by atoms with van der Waals surface area (Å²) in [6, 6.07) is 4.70. The molecule has 2 amide bonds. The lowest BCUT2D eigenvalue weighted by atomic mass is 10.1. The molecule has 0 saturated carbocycles. The SMILES string of the molecule is Cc1c(C(=O)NCC(N)=O)sc2cccc(F)c12. The first-order valence-corrected chi connectivity index (χ1v) is 6.06. The fourth-order valence-corrected chi connectivity index (χ4v) is 2.86. The molecule has 6 heteroatoms. The Balaban J connectivity index is 2.40. The molecule has 18 heavy (non-hydrogen) atoms. The number of rotatable bonds is 3. The number of carbonyl (C=O) groups is 2. The summed E-state index contributed by atoms with van der Waals surface area (Å²) in [6.07, 6.45) is 0. The molecule has 0 radical (unpaired) electrons. The Labute approximate surface area is 107 Å². The van der Waals surface area contributed by atoms with Crippen LogP contribution in [0.25, 0.3) is 10.1 Å². The van der Waals surface area contributed by atoms with Crippen LogP contribution >= 0.6 is 11.3 Å². The van der Waals surface area contributed by atoms with Gasteiger partial charge in [0.15, 0.2) is 0 Å². The molecule has 1 aromatic carbocycles. The molecular weight excluding hydrogens is 255 g/mol. The van der Waals surface area contributed by atoms with Gasteiger partial charge in [-0.1, -0.05) is 6.07 Å². The first kappa shape index (κ1) is 12.5. The van der Waals surface area contributed by atoms with Gasteiger partial charge >= 0.3 is 0 Å². The first-order valence-electron chi connectivity index (χ1n) is 5.25. The molecule has 94 valence electrons. The molecular formula is C12H11FN2O2S. The summed E-state index contributed by atoms with van der Waals surface area (Å²) < 4.78 is 14.3. The van der Waals surface area contributed by atoms with Crippen LogP contribution in [-0.2, 0) is 4.79 Å². The van der Waals surface area contributed by atoms with Gasteiger partial charge in [0.25, 0.3) is 5.91 Å². The molecule has 4 nitrogen and oxygen atoms in total. The lowest BCUT2D eigenvalue weighted by Crippen LogP contribution is -2.33. The molecule has 1 aromatic heterocycles. The van der Waals surface area contributed by atoms with Crippen LogP contribution in [0, 0.1) is 12.7 Å². The van der Waals surface area contributed by atoms with Gasteiger partial charge in [0, 0.05) is 10.1 Å². The molecule has 0 unspecified atom stereocenters. The summed E-state index contributed by atoms with van der Waals surface area (Å²) in [5.74, 6) is -1.38. The van der Waals surface area contributed by atoms with Crippen molar-refractivity contribution in [3.63, 3.8) is 0 Å². The lowest BCUT2D eigenvalue weighted by Gasteiger charge is -2.01. The van der Waals surface area contributed by atoms with E-state index in [0.717, 1.165) is 0 Å². The van der Waals surface area contributed by atoms with E-state index in [1.807, 2.05) is 0 Å². The van der Waals surface area contributed by atoms with Gasteiger partial charge < -0.3 is 11.1 Å². The zero-order valence-electron chi connectivity index (χ0n) is 9.62. The second-order valence-corrected chi connectivity index (χ2v) is 4.87. The van der Waals surface area contributed by atoms with Gasteiger partial charge in [-0.3, -0.25) is 9.59 Å². The third-order valence-corrected chi connectivity index (χ3v) is 3.79. The lowest BCUT2D eigenvalue weighted by molar-refractivity contribution is -0.117. The van der Waals surface area contributed by atoms with E-state index in [2.05, 4.69) is 5.32 Å². The number of primary amides is 1. The first-order chi connectivity index (χ1) is 8.50. The molecule has 0 saturated heterocycles. The van der Waals surface area contributed by atoms with Gasteiger partial charge in [-0.2, -0.15) is 0 Å². The number of nitrogens with one attached hydrogen (secondary N) is 1. The van der Waals surface area contributed by atoms with Crippen molar-refractivity contribution in [3.05, 3.63) is 34.5 Å². The minimum Gasteiger partial charge on any atom is -0.368 e. The molecule has 0 aliphatic rings. The quantitative estimate of drug-likeness (QED) is 0.885. The average Bonchev–Trinajstić information content (AvgIpc) is 2.65. The van der Waals surface area contributed by atoms with Gasteiger partial charge in [-0.15, -0.1) is 11.3 Å². The molecule has 0 aliphatic carbocycles. The second kappa shape index (κ2) is 4.73. The van der Waals surface area contributed by atoms with Gasteiger partial charge in [-0.25, -0.2) is 4.39 Å². The Bertz CT molecular complexity index is 636. The predicted molar refractivity (Wildman–Crippen MR) is 68.0 cm³/mol. The summed E-state index contributed by atoms with van der Waals surface area (Å²) in [6.45, 7) is 1.45. The van der Waals surface area contributed by atoms with E-state index in [-0.39, 0.29) is 12.4 Å². The monoisotopic (exact) mass is 266 g/mol. The number of fused-ring (bicyclic) bond motifs is 1. The second-order valence-electron chi connectivity index (χ2n) is 3.82. The fourth-order valence-electron chi connectivity index (χ4n) is 1.72. The highest BCUT2D eigenvalue weighted by Gasteiger charge is 2.17. The Kier molecular flexibility index (Phi) is 3.29. The number of benzene rings is 1. The standard InChI is InChI=1S/C12H11FN2O2S/c1-6-10-7(13)3-2-4-8(10)18-11(6)12(17)15-5-9(14)16/h2-4H,5H2,1H3,(H2,14,16)(H,15,17). The van der Waals surface area contributed by atoms with Crippen LogP contribution in [0.2, 0.25) is 0 Å². The van der Waals surface area contributed by atoms with Crippen LogP contribution in [0.1, 0.15) is 15.2 Å². The molecule has 0 fully saturated rings. The van der Waals surface area contributed by atoms with E-state index in [1.54, 1.807) is 19.1 Å². The molecule has 2 rings (SSSR count). The molecule has 0 bridgehead atoms. The molecule has 0 spiro atoms. The zero-order valence-corrected chi connectivity index (χ0v) is 10.4. The number of hydrogen-bond acceptors (Lipinski definition) is 3. The van der Waals surface area contributed by atoms with Crippen molar-refractivity contribution in [3.8, 4) is 0 Å². The van der Waals surface area contributed by atoms with E-state index in [9.17, 15) is 14.0 Å². The Morgan fingerprint density at radius 3 is 2.78 bits per heavy atom. The van der Waals surface area contributed by atoms with Crippen molar-refractivity contribution in [2.75, 3.05) is 6.54 Å². The minimum absolute atomic E-state index is 0.227. The van der Waals surface area contributed by atoms with E-state index < -0.39 is 11.8 Å². The third-order valence-electron chi connectivity index (χ3n) is 2.53. The Morgan fingerprint density at radius 2 is 2.17 bits per heavy atom. The van der Waals surface area contributed by atoms with Gasteiger partial charge in [0.2, 0.25) is 5.91 Å². The van der Waals surface area contributed by atoms with E-state index >= 15 is 0 Å². The zero-order chi connectivity index (χ0) is 13.3. The summed E-state index contributed by atoms with van der Waals surface area (Å²) in [5, 5.41) is 2.84. The topological polar surface area (TPSA) is 72.2 Å². The largest absolute Gasteiger partial charge is 0.368 e. The smallest absolute Gasteiger partial charge is 0.262 e. The normalized spacial score (nSPS) is 10.6. The van der Waals surface area contributed by atoms with Crippen LogP contribution in [0.4, 0.5) is 4.39 Å². The molecule has 0 aliphatic heterocycles. The van der Waals surface area contributed by atoms with E-state index in [4.69, 9.17) is 5.73 Å². The number of amides is 2. The summed E-state index contributed by atoms with van der Waals surface area (Å²) in [5.41, 5.74) is 5.52. The van der Waals surface area contributed by atoms with Gasteiger partial charge in [0.05, 0.1) is 11.4 Å². The van der Waals surface area contributed by atoms with Crippen LogP contribution in [0.15, 0.2) is 18.2 Å². The number of hydrogen-bond donors (Lipinski definition) is 2. The third kappa shape index (κ3) is 2.19. The predicted octanol–water partition coefficient (Wildman–Crippen LogP) is 1.56. The van der Waals surface area contributed by atoms with Crippen LogP contribution in [-0.4, -0.2) is 18.4 Å². The van der Waals surface area contributed by atoms with Crippen LogP contribution in [0.3, 0.4) is 0 Å². The van der Waals surface area contributed by atoms with Crippen molar-refractivity contribution >= 4 is 33.2 Å². The average molecular weight is 266 g/mol. The number of carbonyl (C=O) groups excluding carboxylic acids is 2. The molecule has 1 heterocycles. The number of halogens is 1. The number of nitrogens with two attached hydrogens (primary N) is 1. The summed E-state index contributed by atoms with van der Waals surface area (Å²) in [7, 11) is 0. The maximum absolute atomic E-state index is 13.6. The highest BCUT2D eigenvalue weighted by Crippen LogP contribution is 2.32. The number of thiophene rings is 1. The summed E-state index contributed by atoms with van der Waals surface area (Å²) >= 11 is 1.19. The van der Waals surface area contributed by atoms with Crippen LogP contribution in [0.5, 0.6) is 0 Å². The highest BCUT2D eigenvalue weighted by atomic mass is 32.1. The van der Waals surface area contributed by atoms with Crippen LogP contribution < -0.4 is 11.1 Å². The minimum atomic E-state index is -0.617. The van der Waals surface area contributed by atoms with Crippen molar-refractivity contribution in [1.82, 2.24) is 5.32 Å². The molecule has 2 aromatic rings. The van der Waals surface area contributed by atoms with Crippen molar-refractivity contribution in [1.29, 1.82) is 0 Å². The van der Waals surface area contributed by atoms with E-state index in [0.29, 0.717) is 20.5 Å². The molecule has 3 N–H and O–H groups in total. The number of aryl methyl sites for hydroxylation is 1. The fraction of sp³-hybridized carbons (Fsp3) is 0.167. The summed E-state index contributed by atoms with van der Waals surface area (Å²) in [4.78, 5) is 22.8. The van der Waals surface area contributed by atoms with Crippen molar-refractivity contribution in [2.24, 2.45) is 5.73 Å². The van der Waals surface area contributed by atoms with Crippen molar-refractivity contribution in [2.45, 2.75) is 6.92 Å². The Morgan fingerprint density at radius 1 is 1.44 bits per heavy atom.